The number of anilines is 2. The first-order valence-corrected chi connectivity index (χ1v) is 13.5. The number of carbonyl (C=O) groups excluding carboxylic acids is 3. The first kappa shape index (κ1) is 27.0. The van der Waals surface area contributed by atoms with Gasteiger partial charge in [-0.3, -0.25) is 14.4 Å². The number of alkyl halides is 3. The maximum absolute atomic E-state index is 13.4. The molecule has 212 valence electrons. The normalized spacial score (nSPS) is 22.9. The van der Waals surface area contributed by atoms with E-state index >= 15 is 0 Å². The van der Waals surface area contributed by atoms with Crippen molar-refractivity contribution in [3.8, 4) is 0 Å². The van der Waals surface area contributed by atoms with Crippen molar-refractivity contribution >= 4 is 29.2 Å². The Balaban J connectivity index is 1.20. The minimum absolute atomic E-state index is 0.0893. The lowest BCUT2D eigenvalue weighted by Gasteiger charge is -2.43. The van der Waals surface area contributed by atoms with Gasteiger partial charge in [-0.1, -0.05) is 38.1 Å². The molecule has 1 aromatic heterocycles. The molecule has 1 fully saturated rings. The number of hydrogen-bond donors (Lipinski definition) is 2. The van der Waals surface area contributed by atoms with Crippen molar-refractivity contribution in [3.63, 3.8) is 0 Å². The topological polar surface area (TPSA) is 91.4 Å². The average Bonchev–Trinajstić information content (AvgIpc) is 3.43. The lowest BCUT2D eigenvalue weighted by atomic mass is 9.78. The van der Waals surface area contributed by atoms with Crippen LogP contribution in [-0.2, 0) is 38.8 Å². The van der Waals surface area contributed by atoms with E-state index in [1.54, 1.807) is 12.3 Å². The third kappa shape index (κ3) is 4.65. The van der Waals surface area contributed by atoms with Crippen LogP contribution in [0.4, 0.5) is 24.7 Å². The zero-order chi connectivity index (χ0) is 29.2. The molecule has 0 saturated carbocycles. The van der Waals surface area contributed by atoms with Gasteiger partial charge in [0.2, 0.25) is 17.7 Å². The second-order valence-corrected chi connectivity index (χ2v) is 11.8. The van der Waals surface area contributed by atoms with Gasteiger partial charge in [0.05, 0.1) is 17.0 Å². The van der Waals surface area contributed by atoms with Crippen LogP contribution in [0.1, 0.15) is 60.5 Å². The average molecular weight is 563 g/mol. The van der Waals surface area contributed by atoms with Crippen LogP contribution in [0.25, 0.3) is 0 Å². The number of aromatic nitrogens is 1. The summed E-state index contributed by atoms with van der Waals surface area (Å²) in [7, 11) is 0. The summed E-state index contributed by atoms with van der Waals surface area (Å²) in [6.45, 7) is 3.38. The minimum Gasteiger partial charge on any atom is -0.326 e. The number of benzene rings is 2. The Labute approximate surface area is 235 Å². The highest BCUT2D eigenvalue weighted by Gasteiger charge is 2.51. The Bertz CT molecular complexity index is 1570. The van der Waals surface area contributed by atoms with Gasteiger partial charge in [0.25, 0.3) is 0 Å². The number of carbonyl (C=O) groups is 3. The number of nitrogens with zero attached hydrogens (tertiary/aromatic N) is 2. The summed E-state index contributed by atoms with van der Waals surface area (Å²) < 4.78 is 39.3. The van der Waals surface area contributed by atoms with Gasteiger partial charge >= 0.3 is 6.18 Å². The van der Waals surface area contributed by atoms with Gasteiger partial charge in [-0.25, -0.2) is 4.98 Å². The molecule has 41 heavy (non-hydrogen) atoms. The molecule has 3 aromatic rings. The summed E-state index contributed by atoms with van der Waals surface area (Å²) >= 11 is 0. The van der Waals surface area contributed by atoms with Crippen molar-refractivity contribution < 1.29 is 27.6 Å². The van der Waals surface area contributed by atoms with E-state index in [2.05, 4.69) is 15.6 Å². The summed E-state index contributed by atoms with van der Waals surface area (Å²) in [6, 6.07) is 13.5. The maximum Gasteiger partial charge on any atom is 0.416 e. The fourth-order valence-electron chi connectivity index (χ4n) is 6.41. The second-order valence-electron chi connectivity index (χ2n) is 11.8. The van der Waals surface area contributed by atoms with Gasteiger partial charge in [0, 0.05) is 22.9 Å². The minimum atomic E-state index is -4.46. The fourth-order valence-corrected chi connectivity index (χ4v) is 6.41. The first-order chi connectivity index (χ1) is 19.4. The van der Waals surface area contributed by atoms with Crippen LogP contribution < -0.4 is 10.6 Å². The predicted molar refractivity (Wildman–Crippen MR) is 146 cm³/mol. The zero-order valence-electron chi connectivity index (χ0n) is 22.6. The molecule has 2 aliphatic heterocycles. The highest BCUT2D eigenvalue weighted by Crippen LogP contribution is 2.47. The van der Waals surface area contributed by atoms with Crippen molar-refractivity contribution in [1.82, 2.24) is 9.88 Å². The molecule has 0 bridgehead atoms. The van der Waals surface area contributed by atoms with Crippen LogP contribution in [0.15, 0.2) is 60.8 Å². The summed E-state index contributed by atoms with van der Waals surface area (Å²) in [4.78, 5) is 45.4. The Kier molecular flexibility index (Phi) is 6.20. The van der Waals surface area contributed by atoms with Gasteiger partial charge in [-0.2, -0.15) is 13.2 Å². The molecule has 3 aliphatic rings. The zero-order valence-corrected chi connectivity index (χ0v) is 22.6. The number of hydrogen-bond acceptors (Lipinski definition) is 4. The van der Waals surface area contributed by atoms with Crippen molar-refractivity contribution in [2.75, 3.05) is 17.2 Å². The Morgan fingerprint density at radius 1 is 1.07 bits per heavy atom. The molecule has 3 amide bonds. The molecule has 6 rings (SSSR count). The number of pyridine rings is 1. The molecule has 3 heterocycles. The molecule has 2 unspecified atom stereocenters. The monoisotopic (exact) mass is 562 g/mol. The highest BCUT2D eigenvalue weighted by molar-refractivity contribution is 6.06. The summed E-state index contributed by atoms with van der Waals surface area (Å²) in [5, 5.41) is 5.77. The van der Waals surface area contributed by atoms with Gasteiger partial charge in [-0.15, -0.1) is 0 Å². The SMILES string of the molecule is CC1(C)CCC(c2ccc(C(F)(F)F)cc2)N(CC(=O)Nc2ccc3c(c2)CC2(C3)C(=O)Nc3ncccc32)C1=O. The van der Waals surface area contributed by atoms with Crippen molar-refractivity contribution in [1.29, 1.82) is 0 Å². The largest absolute Gasteiger partial charge is 0.416 e. The third-order valence-corrected chi connectivity index (χ3v) is 8.66. The van der Waals surface area contributed by atoms with E-state index in [0.29, 0.717) is 42.8 Å². The summed E-state index contributed by atoms with van der Waals surface area (Å²) in [6.07, 6.45) is -0.728. The Hall–Kier alpha value is -4.21. The molecule has 7 nitrogen and oxygen atoms in total. The predicted octanol–water partition coefficient (Wildman–Crippen LogP) is 5.42. The fraction of sp³-hybridized carbons (Fsp3) is 0.355. The molecule has 2 N–H and O–H groups in total. The molecule has 2 atom stereocenters. The van der Waals surface area contributed by atoms with Crippen LogP contribution in [-0.4, -0.2) is 34.2 Å². The Morgan fingerprint density at radius 3 is 2.54 bits per heavy atom. The number of rotatable bonds is 4. The van der Waals surface area contributed by atoms with Crippen molar-refractivity contribution in [2.45, 2.75) is 57.2 Å². The number of piperidine rings is 1. The van der Waals surface area contributed by atoms with Crippen molar-refractivity contribution in [2.24, 2.45) is 5.41 Å². The molecule has 1 spiro atoms. The second kappa shape index (κ2) is 9.43. The Morgan fingerprint density at radius 2 is 1.80 bits per heavy atom. The van der Waals surface area contributed by atoms with E-state index in [-0.39, 0.29) is 18.4 Å². The van der Waals surface area contributed by atoms with Gasteiger partial charge in [0.1, 0.15) is 12.4 Å². The van der Waals surface area contributed by atoms with Crippen LogP contribution in [0, 0.1) is 5.41 Å². The van der Waals surface area contributed by atoms with E-state index in [9.17, 15) is 27.6 Å². The smallest absolute Gasteiger partial charge is 0.326 e. The van der Waals surface area contributed by atoms with Crippen LogP contribution >= 0.6 is 0 Å². The highest BCUT2D eigenvalue weighted by atomic mass is 19.4. The maximum atomic E-state index is 13.4. The lowest BCUT2D eigenvalue weighted by molar-refractivity contribution is -0.150. The van der Waals surface area contributed by atoms with E-state index in [1.807, 2.05) is 38.1 Å². The molecule has 1 saturated heterocycles. The van der Waals surface area contributed by atoms with Crippen molar-refractivity contribution in [3.05, 3.63) is 88.6 Å². The summed E-state index contributed by atoms with van der Waals surface area (Å²) in [5.74, 6) is -0.142. The number of nitrogens with one attached hydrogen (secondary N) is 2. The number of halogens is 3. The lowest BCUT2D eigenvalue weighted by Crippen LogP contribution is -2.50. The van der Waals surface area contributed by atoms with Gasteiger partial charge in [-0.05, 0) is 72.7 Å². The van der Waals surface area contributed by atoms with E-state index < -0.39 is 34.5 Å². The molecule has 10 heteroatoms. The van der Waals surface area contributed by atoms with Gasteiger partial charge in [0.15, 0.2) is 0 Å². The number of likely N-dealkylation sites (tertiary alicyclic amines) is 1. The number of amides is 3. The quantitative estimate of drug-likeness (QED) is 0.445. The number of fused-ring (bicyclic) bond motifs is 3. The molecule has 1 aliphatic carbocycles. The summed E-state index contributed by atoms with van der Waals surface area (Å²) in [5.41, 5.74) is 1.76. The molecule has 0 radical (unpaired) electrons. The standard InChI is InChI=1S/C31H29F3N4O3/c1-29(2)12-11-24(18-5-8-21(9-6-18)31(32,33)34)38(28(29)41)17-25(39)36-22-10-7-19-15-30(16-20(19)14-22)23-4-3-13-35-26(23)37-27(30)40/h3-10,13-14,24H,11-12,15-17H2,1-2H3,(H,36,39)(H,35,37,40). The molecular weight excluding hydrogens is 533 g/mol. The third-order valence-electron chi connectivity index (χ3n) is 8.66. The van der Waals surface area contributed by atoms with E-state index in [4.69, 9.17) is 0 Å². The molecular formula is C31H29F3N4O3. The first-order valence-electron chi connectivity index (χ1n) is 13.5. The van der Waals surface area contributed by atoms with E-state index in [0.717, 1.165) is 28.8 Å². The van der Waals surface area contributed by atoms with Gasteiger partial charge < -0.3 is 15.5 Å². The van der Waals surface area contributed by atoms with Crippen LogP contribution in [0.5, 0.6) is 0 Å². The van der Waals surface area contributed by atoms with Crippen LogP contribution in [0.2, 0.25) is 0 Å². The van der Waals surface area contributed by atoms with E-state index in [1.165, 1.54) is 17.0 Å². The molecule has 2 aromatic carbocycles. The van der Waals surface area contributed by atoms with Crippen LogP contribution in [0.3, 0.4) is 0 Å².